The molecule has 1 unspecified atom stereocenters. The molecule has 0 spiro atoms. The molecule has 220 valence electrons. The first-order valence-corrected chi connectivity index (χ1v) is 13.0. The first-order chi connectivity index (χ1) is 18.2. The van der Waals surface area contributed by atoms with Gasteiger partial charge in [-0.1, -0.05) is 54.5 Å². The molecule has 1 rings (SSSR count). The predicted molar refractivity (Wildman–Crippen MR) is 142 cm³/mol. The van der Waals surface area contributed by atoms with Crippen LogP contribution in [-0.4, -0.2) is 56.7 Å². The summed E-state index contributed by atoms with van der Waals surface area (Å²) in [6.07, 6.45) is -2.06. The quantitative estimate of drug-likeness (QED) is 0.194. The summed E-state index contributed by atoms with van der Waals surface area (Å²) in [6, 6.07) is 4.34. The topological polar surface area (TPSA) is 150 Å². The second kappa shape index (κ2) is 15.9. The molecule has 1 aromatic carbocycles. The van der Waals surface area contributed by atoms with Gasteiger partial charge in [0.1, 0.15) is 5.54 Å². The number of carbonyl (C=O) groups is 4. The zero-order valence-electron chi connectivity index (χ0n) is 24.2. The van der Waals surface area contributed by atoms with Crippen LogP contribution in [0.4, 0.5) is 9.59 Å². The Morgan fingerprint density at radius 2 is 1.36 bits per heavy atom. The van der Waals surface area contributed by atoms with Crippen molar-refractivity contribution >= 4 is 24.2 Å². The molecule has 0 amide bonds. The minimum Gasteiger partial charge on any atom is -0.468 e. The van der Waals surface area contributed by atoms with Crippen LogP contribution in [0.15, 0.2) is 18.2 Å². The lowest BCUT2D eigenvalue weighted by atomic mass is 9.88. The van der Waals surface area contributed by atoms with Gasteiger partial charge in [-0.3, -0.25) is 9.59 Å². The highest BCUT2D eigenvalue weighted by molar-refractivity contribution is 5.81. The van der Waals surface area contributed by atoms with E-state index in [9.17, 15) is 19.2 Å². The standard InChI is InChI=1S/C28H43NO10/c1-17(2)15-36-26(32)38-22-10-9-21(13-23(22)39-27(33)37-16-18(3)4)14-28(29,25(31)34-8)11-12-35-24(30)20(7)19(5)6/h9-10,13,17-20H,11-12,14-16,29H2,1-8H3/t20?,28-/m1/s1. The van der Waals surface area contributed by atoms with Crippen LogP contribution in [0.5, 0.6) is 11.5 Å². The van der Waals surface area contributed by atoms with E-state index in [4.69, 9.17) is 34.2 Å². The van der Waals surface area contributed by atoms with Crippen LogP contribution in [0, 0.1) is 23.7 Å². The predicted octanol–water partition coefficient (Wildman–Crippen LogP) is 4.67. The Balaban J connectivity index is 3.16. The van der Waals surface area contributed by atoms with E-state index in [1.165, 1.54) is 19.2 Å². The van der Waals surface area contributed by atoms with Crippen molar-refractivity contribution in [2.45, 2.75) is 66.8 Å². The number of hydrogen-bond donors (Lipinski definition) is 1. The maximum atomic E-state index is 12.6. The Bertz CT molecular complexity index is 975. The van der Waals surface area contributed by atoms with Crippen LogP contribution in [-0.2, 0) is 35.0 Å². The SMILES string of the molecule is COC(=O)[C@@](N)(CCOC(=O)C(C)C(C)C)Cc1ccc(OC(=O)OCC(C)C)c(OC(=O)OCC(C)C)c1. The van der Waals surface area contributed by atoms with Gasteiger partial charge in [-0.05, 0) is 35.4 Å². The fourth-order valence-corrected chi connectivity index (χ4v) is 3.10. The first kappa shape index (κ1) is 33.7. The Kier molecular flexibility index (Phi) is 13.8. The minimum atomic E-state index is -1.57. The maximum Gasteiger partial charge on any atom is 0.513 e. The first-order valence-electron chi connectivity index (χ1n) is 13.0. The molecule has 1 aromatic rings. The van der Waals surface area contributed by atoms with E-state index in [-0.39, 0.29) is 67.8 Å². The van der Waals surface area contributed by atoms with Crippen molar-refractivity contribution in [3.8, 4) is 11.5 Å². The molecule has 0 heterocycles. The molecule has 11 heteroatoms. The maximum absolute atomic E-state index is 12.6. The van der Waals surface area contributed by atoms with E-state index < -0.39 is 29.8 Å². The molecular formula is C28H43NO10. The molecule has 0 saturated heterocycles. The Hall–Kier alpha value is -3.34. The zero-order chi connectivity index (χ0) is 29.8. The van der Waals surface area contributed by atoms with Gasteiger partial charge in [0.2, 0.25) is 0 Å². The number of carbonyl (C=O) groups excluding carboxylic acids is 4. The summed E-state index contributed by atoms with van der Waals surface area (Å²) in [6.45, 7) is 13.2. The summed E-state index contributed by atoms with van der Waals surface area (Å²) in [4.78, 5) is 49.3. The Morgan fingerprint density at radius 1 is 0.821 bits per heavy atom. The highest BCUT2D eigenvalue weighted by Gasteiger charge is 2.36. The van der Waals surface area contributed by atoms with E-state index in [1.54, 1.807) is 13.0 Å². The molecule has 0 aromatic heterocycles. The number of hydrogen-bond acceptors (Lipinski definition) is 11. The van der Waals surface area contributed by atoms with Crippen LogP contribution >= 0.6 is 0 Å². The van der Waals surface area contributed by atoms with Crippen molar-refractivity contribution in [2.24, 2.45) is 29.4 Å². The summed E-state index contributed by atoms with van der Waals surface area (Å²) >= 11 is 0. The normalized spacial score (nSPS) is 13.4. The summed E-state index contributed by atoms with van der Waals surface area (Å²) in [7, 11) is 1.20. The third kappa shape index (κ3) is 11.9. The summed E-state index contributed by atoms with van der Waals surface area (Å²) < 4.78 is 30.9. The number of nitrogens with two attached hydrogens (primary N) is 1. The fraction of sp³-hybridized carbons (Fsp3) is 0.643. The van der Waals surface area contributed by atoms with E-state index in [0.29, 0.717) is 5.56 Å². The molecule has 0 bridgehead atoms. The van der Waals surface area contributed by atoms with Gasteiger partial charge in [-0.15, -0.1) is 0 Å². The van der Waals surface area contributed by atoms with Gasteiger partial charge in [0, 0.05) is 12.8 Å². The number of rotatable bonds is 14. The summed E-state index contributed by atoms with van der Waals surface area (Å²) in [5.74, 6) is -1.39. The molecule has 0 aliphatic heterocycles. The van der Waals surface area contributed by atoms with Crippen molar-refractivity contribution in [3.05, 3.63) is 23.8 Å². The highest BCUT2D eigenvalue weighted by atomic mass is 16.7. The van der Waals surface area contributed by atoms with Crippen molar-refractivity contribution in [1.82, 2.24) is 0 Å². The van der Waals surface area contributed by atoms with Gasteiger partial charge in [0.25, 0.3) is 0 Å². The molecule has 2 atom stereocenters. The van der Waals surface area contributed by atoms with Crippen molar-refractivity contribution in [1.29, 1.82) is 0 Å². The molecule has 2 N–H and O–H groups in total. The molecule has 11 nitrogen and oxygen atoms in total. The van der Waals surface area contributed by atoms with E-state index in [1.807, 2.05) is 41.5 Å². The zero-order valence-corrected chi connectivity index (χ0v) is 24.2. The molecule has 0 aliphatic carbocycles. The second-order valence-corrected chi connectivity index (χ2v) is 10.7. The second-order valence-electron chi connectivity index (χ2n) is 10.7. The van der Waals surface area contributed by atoms with Crippen LogP contribution < -0.4 is 15.2 Å². The Labute approximate surface area is 230 Å². The number of ether oxygens (including phenoxy) is 6. The van der Waals surface area contributed by atoms with E-state index >= 15 is 0 Å². The monoisotopic (exact) mass is 553 g/mol. The average Bonchev–Trinajstić information content (AvgIpc) is 2.86. The van der Waals surface area contributed by atoms with Crippen molar-refractivity contribution in [2.75, 3.05) is 26.9 Å². The minimum absolute atomic E-state index is 0.0252. The van der Waals surface area contributed by atoms with Crippen LogP contribution in [0.2, 0.25) is 0 Å². The third-order valence-corrected chi connectivity index (χ3v) is 5.74. The molecule has 0 saturated carbocycles. The average molecular weight is 554 g/mol. The van der Waals surface area contributed by atoms with Crippen molar-refractivity contribution in [3.63, 3.8) is 0 Å². The number of methoxy groups -OCH3 is 1. The lowest BCUT2D eigenvalue weighted by molar-refractivity contribution is -0.153. The smallest absolute Gasteiger partial charge is 0.468 e. The van der Waals surface area contributed by atoms with Crippen LogP contribution in [0.1, 0.15) is 60.5 Å². The fourth-order valence-electron chi connectivity index (χ4n) is 3.10. The number of esters is 2. The van der Waals surface area contributed by atoms with Crippen LogP contribution in [0.25, 0.3) is 0 Å². The van der Waals surface area contributed by atoms with Crippen molar-refractivity contribution < 1.29 is 47.6 Å². The molecule has 39 heavy (non-hydrogen) atoms. The Morgan fingerprint density at radius 3 is 1.85 bits per heavy atom. The van der Waals surface area contributed by atoms with Gasteiger partial charge in [0.05, 0.1) is 32.8 Å². The molecule has 0 radical (unpaired) electrons. The molecule has 0 fully saturated rings. The highest BCUT2D eigenvalue weighted by Crippen LogP contribution is 2.31. The van der Waals surface area contributed by atoms with Gasteiger partial charge in [0.15, 0.2) is 11.5 Å². The molecular weight excluding hydrogens is 510 g/mol. The molecule has 0 aliphatic rings. The lowest BCUT2D eigenvalue weighted by Crippen LogP contribution is -2.51. The van der Waals surface area contributed by atoms with E-state index in [0.717, 1.165) is 0 Å². The van der Waals surface area contributed by atoms with Gasteiger partial charge in [-0.25, -0.2) is 9.59 Å². The lowest BCUT2D eigenvalue weighted by Gasteiger charge is -2.27. The number of benzene rings is 1. The summed E-state index contributed by atoms with van der Waals surface area (Å²) in [5.41, 5.74) is 5.31. The van der Waals surface area contributed by atoms with Crippen LogP contribution in [0.3, 0.4) is 0 Å². The largest absolute Gasteiger partial charge is 0.513 e. The van der Waals surface area contributed by atoms with Gasteiger partial charge in [-0.2, -0.15) is 0 Å². The van der Waals surface area contributed by atoms with Gasteiger partial charge < -0.3 is 34.2 Å². The van der Waals surface area contributed by atoms with Gasteiger partial charge >= 0.3 is 24.2 Å². The van der Waals surface area contributed by atoms with E-state index in [2.05, 4.69) is 0 Å². The third-order valence-electron chi connectivity index (χ3n) is 5.74. The summed E-state index contributed by atoms with van der Waals surface area (Å²) in [5, 5.41) is 0.